The van der Waals surface area contributed by atoms with Crippen LogP contribution in [0.5, 0.6) is 0 Å². The molecule has 0 aliphatic carbocycles. The summed E-state index contributed by atoms with van der Waals surface area (Å²) in [4.78, 5) is 45.8. The third-order valence-corrected chi connectivity index (χ3v) is 5.39. The first-order valence-corrected chi connectivity index (χ1v) is 9.80. The summed E-state index contributed by atoms with van der Waals surface area (Å²) in [6.07, 6.45) is 1.73. The van der Waals surface area contributed by atoms with Gasteiger partial charge in [-0.2, -0.15) is 0 Å². The molecule has 160 valence electrons. The Bertz CT molecular complexity index is 964. The molecule has 1 aliphatic rings. The fraction of sp³-hybridized carbons (Fsp3) is 0.368. The number of urea groups is 1. The molecule has 0 saturated heterocycles. The first-order valence-electron chi connectivity index (χ1n) is 9.04. The zero-order valence-corrected chi connectivity index (χ0v) is 17.8. The van der Waals surface area contributed by atoms with Gasteiger partial charge in [-0.15, -0.1) is 0 Å². The van der Waals surface area contributed by atoms with Crippen molar-refractivity contribution in [3.05, 3.63) is 51.5 Å². The van der Waals surface area contributed by atoms with E-state index in [9.17, 15) is 14.4 Å². The standard InChI is InChI=1S/C19H20Cl2N4O5/c1-29-15(26)8-14(18(27)30-2)24-19(28)25-6-5-13-16(23-9-22-13)17(25)11-4-3-10(20)7-12(11)21/h3-4,7,9,14,17H,5-6,8H2,1-2H3,(H,22,23)(H,24,28)/t14-,17?/m0/s1. The zero-order valence-electron chi connectivity index (χ0n) is 16.3. The second kappa shape index (κ2) is 9.36. The van der Waals surface area contributed by atoms with Gasteiger partial charge in [-0.05, 0) is 17.7 Å². The summed E-state index contributed by atoms with van der Waals surface area (Å²) in [5, 5.41) is 3.40. The topological polar surface area (TPSA) is 114 Å². The number of imidazole rings is 1. The number of benzene rings is 1. The number of rotatable bonds is 5. The minimum absolute atomic E-state index is 0.330. The maximum atomic E-state index is 13.1. The Kier molecular flexibility index (Phi) is 6.84. The highest BCUT2D eigenvalue weighted by Crippen LogP contribution is 2.37. The van der Waals surface area contributed by atoms with Crippen molar-refractivity contribution in [3.63, 3.8) is 0 Å². The summed E-state index contributed by atoms with van der Waals surface area (Å²) >= 11 is 12.4. The highest BCUT2D eigenvalue weighted by molar-refractivity contribution is 6.35. The number of aromatic nitrogens is 2. The number of H-pyrrole nitrogens is 1. The summed E-state index contributed by atoms with van der Waals surface area (Å²) < 4.78 is 9.30. The number of esters is 2. The average Bonchev–Trinajstić information content (AvgIpc) is 3.21. The summed E-state index contributed by atoms with van der Waals surface area (Å²) in [5.74, 6) is -1.41. The highest BCUT2D eigenvalue weighted by Gasteiger charge is 2.37. The summed E-state index contributed by atoms with van der Waals surface area (Å²) in [5.41, 5.74) is 2.16. The van der Waals surface area contributed by atoms with Crippen molar-refractivity contribution >= 4 is 41.2 Å². The SMILES string of the molecule is COC(=O)C[C@H](NC(=O)N1CCc2[nH]cnc2C1c1ccc(Cl)cc1Cl)C(=O)OC. The fourth-order valence-electron chi connectivity index (χ4n) is 3.35. The van der Waals surface area contributed by atoms with Crippen LogP contribution in [-0.4, -0.2) is 59.6 Å². The van der Waals surface area contributed by atoms with Crippen LogP contribution >= 0.6 is 23.2 Å². The van der Waals surface area contributed by atoms with E-state index in [0.717, 1.165) is 5.69 Å². The molecular formula is C19H20Cl2N4O5. The molecule has 0 spiro atoms. The lowest BCUT2D eigenvalue weighted by Crippen LogP contribution is -2.52. The maximum absolute atomic E-state index is 13.1. The van der Waals surface area contributed by atoms with E-state index in [1.807, 2.05) is 0 Å². The minimum Gasteiger partial charge on any atom is -0.469 e. The number of nitrogens with one attached hydrogen (secondary N) is 2. The van der Waals surface area contributed by atoms with Gasteiger partial charge < -0.3 is 24.7 Å². The maximum Gasteiger partial charge on any atom is 0.329 e. The summed E-state index contributed by atoms with van der Waals surface area (Å²) in [6.45, 7) is 0.330. The van der Waals surface area contributed by atoms with Crippen LogP contribution in [0.1, 0.15) is 29.4 Å². The van der Waals surface area contributed by atoms with Gasteiger partial charge >= 0.3 is 18.0 Å². The van der Waals surface area contributed by atoms with Crippen LogP contribution < -0.4 is 5.32 Å². The number of carbonyl (C=O) groups is 3. The van der Waals surface area contributed by atoms with E-state index < -0.39 is 30.1 Å². The molecule has 0 radical (unpaired) electrons. The number of amides is 2. The molecule has 3 rings (SSSR count). The zero-order chi connectivity index (χ0) is 21.8. The van der Waals surface area contributed by atoms with Crippen molar-refractivity contribution in [2.24, 2.45) is 0 Å². The molecule has 0 fully saturated rings. The number of methoxy groups -OCH3 is 2. The molecule has 1 unspecified atom stereocenters. The van der Waals surface area contributed by atoms with E-state index >= 15 is 0 Å². The van der Waals surface area contributed by atoms with Crippen LogP contribution in [0.3, 0.4) is 0 Å². The second-order valence-corrected chi connectivity index (χ2v) is 7.43. The Labute approximate surface area is 182 Å². The second-order valence-electron chi connectivity index (χ2n) is 6.58. The molecule has 2 aromatic rings. The number of hydrogen-bond acceptors (Lipinski definition) is 6. The van der Waals surface area contributed by atoms with Crippen molar-refractivity contribution in [2.75, 3.05) is 20.8 Å². The van der Waals surface area contributed by atoms with Crippen LogP contribution in [0.4, 0.5) is 4.79 Å². The predicted octanol–water partition coefficient (Wildman–Crippen LogP) is 2.48. The molecule has 1 aliphatic heterocycles. The fourth-order valence-corrected chi connectivity index (χ4v) is 3.86. The molecule has 2 N–H and O–H groups in total. The summed E-state index contributed by atoms with van der Waals surface area (Å²) in [6, 6.07) is 2.61. The lowest BCUT2D eigenvalue weighted by Gasteiger charge is -2.36. The van der Waals surface area contributed by atoms with Crippen molar-refractivity contribution in [2.45, 2.75) is 24.9 Å². The first kappa shape index (κ1) is 21.9. The Hall–Kier alpha value is -2.78. The van der Waals surface area contributed by atoms with E-state index in [4.69, 9.17) is 27.9 Å². The molecule has 0 saturated carbocycles. The molecule has 9 nitrogen and oxygen atoms in total. The lowest BCUT2D eigenvalue weighted by molar-refractivity contribution is -0.149. The Morgan fingerprint density at radius 3 is 2.73 bits per heavy atom. The van der Waals surface area contributed by atoms with E-state index in [0.29, 0.717) is 34.3 Å². The number of nitrogens with zero attached hydrogens (tertiary/aromatic N) is 2. The molecule has 1 aromatic carbocycles. The van der Waals surface area contributed by atoms with Gasteiger partial charge in [0, 0.05) is 28.7 Å². The minimum atomic E-state index is -1.20. The number of fused-ring (bicyclic) bond motifs is 1. The van der Waals surface area contributed by atoms with Gasteiger partial charge in [-0.1, -0.05) is 29.3 Å². The Morgan fingerprint density at radius 1 is 1.30 bits per heavy atom. The Morgan fingerprint density at radius 2 is 2.07 bits per heavy atom. The predicted molar refractivity (Wildman–Crippen MR) is 108 cm³/mol. The van der Waals surface area contributed by atoms with Crippen LogP contribution in [-0.2, 0) is 25.5 Å². The molecule has 2 heterocycles. The van der Waals surface area contributed by atoms with Gasteiger partial charge in [0.15, 0.2) is 0 Å². The van der Waals surface area contributed by atoms with E-state index in [-0.39, 0.29) is 6.42 Å². The third-order valence-electron chi connectivity index (χ3n) is 4.82. The third kappa shape index (κ3) is 4.52. The monoisotopic (exact) mass is 454 g/mol. The first-order chi connectivity index (χ1) is 14.3. The lowest BCUT2D eigenvalue weighted by atomic mass is 9.96. The van der Waals surface area contributed by atoms with Gasteiger partial charge in [0.25, 0.3) is 0 Å². The average molecular weight is 455 g/mol. The van der Waals surface area contributed by atoms with Gasteiger partial charge in [-0.25, -0.2) is 14.6 Å². The van der Waals surface area contributed by atoms with Crippen LogP contribution in [0.2, 0.25) is 10.0 Å². The van der Waals surface area contributed by atoms with Crippen molar-refractivity contribution in [1.29, 1.82) is 0 Å². The van der Waals surface area contributed by atoms with Crippen molar-refractivity contribution in [1.82, 2.24) is 20.2 Å². The molecule has 2 amide bonds. The number of aromatic amines is 1. The van der Waals surface area contributed by atoms with Crippen molar-refractivity contribution < 1.29 is 23.9 Å². The van der Waals surface area contributed by atoms with Gasteiger partial charge in [-0.3, -0.25) is 4.79 Å². The van der Waals surface area contributed by atoms with Crippen molar-refractivity contribution in [3.8, 4) is 0 Å². The quantitative estimate of drug-likeness (QED) is 0.670. The van der Waals surface area contributed by atoms with Gasteiger partial charge in [0.05, 0.1) is 32.7 Å². The molecule has 1 aromatic heterocycles. The van der Waals surface area contributed by atoms with E-state index in [1.54, 1.807) is 24.5 Å². The normalized spacial score (nSPS) is 16.4. The Balaban J connectivity index is 1.93. The molecule has 30 heavy (non-hydrogen) atoms. The number of halogens is 2. The van der Waals surface area contributed by atoms with Crippen LogP contribution in [0, 0.1) is 0 Å². The molecular weight excluding hydrogens is 435 g/mol. The van der Waals surface area contributed by atoms with Gasteiger partial charge in [0.2, 0.25) is 0 Å². The van der Waals surface area contributed by atoms with E-state index in [1.165, 1.54) is 19.1 Å². The molecule has 0 bridgehead atoms. The highest BCUT2D eigenvalue weighted by atomic mass is 35.5. The smallest absolute Gasteiger partial charge is 0.329 e. The largest absolute Gasteiger partial charge is 0.469 e. The number of ether oxygens (including phenoxy) is 2. The number of carbonyl (C=O) groups excluding carboxylic acids is 3. The van der Waals surface area contributed by atoms with E-state index in [2.05, 4.69) is 20.0 Å². The molecule has 11 heteroatoms. The van der Waals surface area contributed by atoms with Crippen LogP contribution in [0.15, 0.2) is 24.5 Å². The number of hydrogen-bond donors (Lipinski definition) is 2. The summed E-state index contributed by atoms with van der Waals surface area (Å²) in [7, 11) is 2.37. The van der Waals surface area contributed by atoms with Crippen LogP contribution in [0.25, 0.3) is 0 Å². The molecule has 2 atom stereocenters. The van der Waals surface area contributed by atoms with Gasteiger partial charge in [0.1, 0.15) is 12.1 Å².